The molecule has 19 heavy (non-hydrogen) atoms. The first-order valence-corrected chi connectivity index (χ1v) is 7.41. The molecule has 0 radical (unpaired) electrons. The van der Waals surface area contributed by atoms with Crippen molar-refractivity contribution in [2.75, 3.05) is 20.1 Å². The van der Waals surface area contributed by atoms with E-state index >= 15 is 0 Å². The molecule has 106 valence electrons. The summed E-state index contributed by atoms with van der Waals surface area (Å²) in [6.45, 7) is 1.65. The van der Waals surface area contributed by atoms with Crippen LogP contribution in [0.3, 0.4) is 0 Å². The van der Waals surface area contributed by atoms with Gasteiger partial charge in [0.25, 0.3) is 10.0 Å². The summed E-state index contributed by atoms with van der Waals surface area (Å²) in [5.41, 5.74) is 0. The summed E-state index contributed by atoms with van der Waals surface area (Å²) in [5.74, 6) is -1.68. The summed E-state index contributed by atoms with van der Waals surface area (Å²) in [6.07, 6.45) is 1.45. The minimum Gasteiger partial charge on any atom is -0.475 e. The number of nitrogens with one attached hydrogen (secondary N) is 1. The maximum atomic E-state index is 12.0. The Labute approximate surface area is 111 Å². The highest BCUT2D eigenvalue weighted by Crippen LogP contribution is 2.16. The Morgan fingerprint density at radius 2 is 2.05 bits per heavy atom. The van der Waals surface area contributed by atoms with Gasteiger partial charge in [-0.15, -0.1) is 0 Å². The molecule has 7 nitrogen and oxygen atoms in total. The number of aromatic carboxylic acids is 1. The Morgan fingerprint density at radius 1 is 1.42 bits per heavy atom. The third-order valence-corrected chi connectivity index (χ3v) is 4.49. The second kappa shape index (κ2) is 5.32. The number of hydrogen-bond acceptors (Lipinski definition) is 5. The van der Waals surface area contributed by atoms with Gasteiger partial charge in [0.2, 0.25) is 10.9 Å². The Bertz CT molecular complexity index is 557. The lowest BCUT2D eigenvalue weighted by molar-refractivity contribution is 0.0656. The van der Waals surface area contributed by atoms with Gasteiger partial charge in [-0.2, -0.15) is 0 Å². The van der Waals surface area contributed by atoms with Crippen molar-refractivity contribution < 1.29 is 22.7 Å². The smallest absolute Gasteiger partial charge is 0.371 e. The lowest BCUT2D eigenvalue weighted by Gasteiger charge is -2.28. The summed E-state index contributed by atoms with van der Waals surface area (Å²) < 4.78 is 31.4. The number of furan rings is 1. The molecule has 0 unspecified atom stereocenters. The van der Waals surface area contributed by atoms with Gasteiger partial charge >= 0.3 is 5.97 Å². The quantitative estimate of drug-likeness (QED) is 0.829. The van der Waals surface area contributed by atoms with Gasteiger partial charge in [0.05, 0.1) is 0 Å². The molecule has 0 bridgehead atoms. The fraction of sp³-hybridized carbons (Fsp3) is 0.545. The topological polar surface area (TPSA) is 99.9 Å². The molecule has 1 fully saturated rings. The predicted octanol–water partition coefficient (Wildman–Crippen LogP) is 0.350. The van der Waals surface area contributed by atoms with Gasteiger partial charge in [-0.1, -0.05) is 0 Å². The van der Waals surface area contributed by atoms with Crippen LogP contribution in [0.2, 0.25) is 0 Å². The molecule has 1 aromatic rings. The van der Waals surface area contributed by atoms with Gasteiger partial charge in [-0.25, -0.2) is 17.9 Å². The lowest BCUT2D eigenvalue weighted by Crippen LogP contribution is -2.43. The molecular formula is C11H16N2O5S. The minimum atomic E-state index is -3.79. The average Bonchev–Trinajstić information content (AvgIpc) is 2.82. The Kier molecular flexibility index (Phi) is 3.93. The molecule has 2 N–H and O–H groups in total. The zero-order valence-electron chi connectivity index (χ0n) is 10.5. The van der Waals surface area contributed by atoms with Crippen LogP contribution in [0.1, 0.15) is 23.4 Å². The molecule has 2 heterocycles. The number of carboxylic acids is 1. The summed E-state index contributed by atoms with van der Waals surface area (Å²) >= 11 is 0. The van der Waals surface area contributed by atoms with Crippen LogP contribution in [0, 0.1) is 0 Å². The summed E-state index contributed by atoms with van der Waals surface area (Å²) in [7, 11) is -1.81. The molecule has 1 saturated heterocycles. The highest BCUT2D eigenvalue weighted by Gasteiger charge is 2.26. The molecule has 8 heteroatoms. The van der Waals surface area contributed by atoms with Crippen molar-refractivity contribution >= 4 is 16.0 Å². The average molecular weight is 288 g/mol. The second-order valence-electron chi connectivity index (χ2n) is 4.62. The maximum Gasteiger partial charge on any atom is 0.371 e. The van der Waals surface area contributed by atoms with Gasteiger partial charge in [0.15, 0.2) is 0 Å². The number of carboxylic acid groups (broad SMARTS) is 1. The molecule has 1 aliphatic heterocycles. The van der Waals surface area contributed by atoms with Gasteiger partial charge < -0.3 is 14.4 Å². The van der Waals surface area contributed by atoms with E-state index < -0.39 is 16.0 Å². The van der Waals surface area contributed by atoms with Crippen LogP contribution in [0.4, 0.5) is 0 Å². The number of nitrogens with zero attached hydrogens (tertiary/aromatic N) is 1. The second-order valence-corrected chi connectivity index (χ2v) is 6.27. The van der Waals surface area contributed by atoms with Crippen LogP contribution in [-0.2, 0) is 10.0 Å². The van der Waals surface area contributed by atoms with E-state index in [4.69, 9.17) is 9.52 Å². The summed E-state index contributed by atoms with van der Waals surface area (Å²) in [4.78, 5) is 12.8. The summed E-state index contributed by atoms with van der Waals surface area (Å²) in [6, 6.07) is 2.14. The predicted molar refractivity (Wildman–Crippen MR) is 66.5 cm³/mol. The van der Waals surface area contributed by atoms with Gasteiger partial charge in [-0.3, -0.25) is 0 Å². The van der Waals surface area contributed by atoms with E-state index in [1.54, 1.807) is 0 Å². The van der Waals surface area contributed by atoms with E-state index in [2.05, 4.69) is 9.62 Å². The van der Waals surface area contributed by atoms with E-state index in [1.165, 1.54) is 0 Å². The summed E-state index contributed by atoms with van der Waals surface area (Å²) in [5, 5.41) is 8.34. The maximum absolute atomic E-state index is 12.0. The van der Waals surface area contributed by atoms with E-state index in [1.807, 2.05) is 7.05 Å². The van der Waals surface area contributed by atoms with Crippen molar-refractivity contribution in [3.63, 3.8) is 0 Å². The largest absolute Gasteiger partial charge is 0.475 e. The van der Waals surface area contributed by atoms with Crippen molar-refractivity contribution in [3.05, 3.63) is 17.9 Å². The Morgan fingerprint density at radius 3 is 2.58 bits per heavy atom. The van der Waals surface area contributed by atoms with Crippen LogP contribution in [0.15, 0.2) is 21.6 Å². The van der Waals surface area contributed by atoms with Gasteiger partial charge in [-0.05, 0) is 45.1 Å². The fourth-order valence-corrected chi connectivity index (χ4v) is 3.22. The van der Waals surface area contributed by atoms with Crippen LogP contribution >= 0.6 is 0 Å². The van der Waals surface area contributed by atoms with Crippen LogP contribution in [0.5, 0.6) is 0 Å². The Hall–Kier alpha value is -1.38. The highest BCUT2D eigenvalue weighted by molar-refractivity contribution is 7.89. The van der Waals surface area contributed by atoms with Crippen LogP contribution < -0.4 is 4.72 Å². The van der Waals surface area contributed by atoms with E-state index in [0.29, 0.717) is 0 Å². The van der Waals surface area contributed by atoms with Gasteiger partial charge in [0.1, 0.15) is 0 Å². The van der Waals surface area contributed by atoms with Gasteiger partial charge in [0, 0.05) is 6.04 Å². The van der Waals surface area contributed by atoms with E-state index in [0.717, 1.165) is 38.1 Å². The number of sulfonamides is 1. The number of piperidine rings is 1. The standard InChI is InChI=1S/C11H16N2O5S/c1-13-6-4-8(5-7-13)12-19(16,17)10-3-2-9(18-10)11(14)15/h2-3,8,12H,4-7H2,1H3,(H,14,15). The minimum absolute atomic E-state index is 0.139. The first kappa shape index (κ1) is 14.0. The number of carbonyl (C=O) groups is 1. The van der Waals surface area contributed by atoms with E-state index in [-0.39, 0.29) is 16.9 Å². The molecule has 0 aliphatic carbocycles. The number of likely N-dealkylation sites (tertiary alicyclic amines) is 1. The third-order valence-electron chi connectivity index (χ3n) is 3.10. The molecule has 0 saturated carbocycles. The molecular weight excluding hydrogens is 272 g/mol. The number of rotatable bonds is 4. The van der Waals surface area contributed by atoms with Crippen molar-refractivity contribution in [3.8, 4) is 0 Å². The number of hydrogen-bond donors (Lipinski definition) is 2. The molecule has 2 rings (SSSR count). The van der Waals surface area contributed by atoms with E-state index in [9.17, 15) is 13.2 Å². The first-order chi connectivity index (χ1) is 8.88. The Balaban J connectivity index is 2.07. The normalized spacial score (nSPS) is 18.6. The van der Waals surface area contributed by atoms with Crippen LogP contribution in [0.25, 0.3) is 0 Å². The fourth-order valence-electron chi connectivity index (χ4n) is 1.98. The van der Waals surface area contributed by atoms with Crippen molar-refractivity contribution in [1.29, 1.82) is 0 Å². The molecule has 1 aromatic heterocycles. The lowest BCUT2D eigenvalue weighted by atomic mass is 10.1. The monoisotopic (exact) mass is 288 g/mol. The molecule has 0 atom stereocenters. The first-order valence-electron chi connectivity index (χ1n) is 5.92. The highest BCUT2D eigenvalue weighted by atomic mass is 32.2. The van der Waals surface area contributed by atoms with Crippen molar-refractivity contribution in [2.45, 2.75) is 24.0 Å². The SMILES string of the molecule is CN1CCC(NS(=O)(=O)c2ccc(C(=O)O)o2)CC1. The van der Waals surface area contributed by atoms with Crippen molar-refractivity contribution in [2.24, 2.45) is 0 Å². The van der Waals surface area contributed by atoms with Crippen LogP contribution in [-0.4, -0.2) is 50.6 Å². The zero-order chi connectivity index (χ0) is 14.0. The molecule has 1 aliphatic rings. The van der Waals surface area contributed by atoms with Crippen molar-refractivity contribution in [1.82, 2.24) is 9.62 Å². The third kappa shape index (κ3) is 3.34. The molecule has 0 aromatic carbocycles. The molecule has 0 spiro atoms. The zero-order valence-corrected chi connectivity index (χ0v) is 11.3. The molecule has 0 amide bonds.